The van der Waals surface area contributed by atoms with E-state index in [1.54, 1.807) is 0 Å². The number of rotatable bonds is 8. The SMILES string of the molecule is CCOCCOCCN1C(=O)CC(CC)C1=O. The first-order valence-electron chi connectivity index (χ1n) is 6.20. The fourth-order valence-electron chi connectivity index (χ4n) is 1.83. The van der Waals surface area contributed by atoms with Gasteiger partial charge in [-0.15, -0.1) is 0 Å². The van der Waals surface area contributed by atoms with Crippen LogP contribution in [0.2, 0.25) is 0 Å². The van der Waals surface area contributed by atoms with E-state index in [0.29, 0.717) is 39.4 Å². The second-order valence-electron chi connectivity index (χ2n) is 4.00. The first-order valence-corrected chi connectivity index (χ1v) is 6.20. The fraction of sp³-hybridized carbons (Fsp3) is 0.833. The molecule has 5 nitrogen and oxygen atoms in total. The van der Waals surface area contributed by atoms with Gasteiger partial charge >= 0.3 is 0 Å². The molecule has 1 aliphatic heterocycles. The molecule has 0 spiro atoms. The molecule has 17 heavy (non-hydrogen) atoms. The Hall–Kier alpha value is -0.940. The number of hydrogen-bond acceptors (Lipinski definition) is 4. The molecule has 0 N–H and O–H groups in total. The molecular formula is C12H21NO4. The minimum absolute atomic E-state index is 0.0501. The van der Waals surface area contributed by atoms with Crippen LogP contribution in [0.15, 0.2) is 0 Å². The van der Waals surface area contributed by atoms with Gasteiger partial charge in [-0.25, -0.2) is 0 Å². The summed E-state index contributed by atoms with van der Waals surface area (Å²) in [6.45, 7) is 6.33. The Labute approximate surface area is 102 Å². The quantitative estimate of drug-likeness (QED) is 0.468. The second-order valence-corrected chi connectivity index (χ2v) is 4.00. The molecular weight excluding hydrogens is 222 g/mol. The van der Waals surface area contributed by atoms with Crippen molar-refractivity contribution in [1.82, 2.24) is 4.90 Å². The maximum absolute atomic E-state index is 11.7. The van der Waals surface area contributed by atoms with Crippen molar-refractivity contribution >= 4 is 11.8 Å². The summed E-state index contributed by atoms with van der Waals surface area (Å²) in [6.07, 6.45) is 1.08. The van der Waals surface area contributed by atoms with Crippen molar-refractivity contribution in [2.75, 3.05) is 33.0 Å². The highest BCUT2D eigenvalue weighted by Crippen LogP contribution is 2.21. The molecule has 1 unspecified atom stereocenters. The van der Waals surface area contributed by atoms with E-state index < -0.39 is 0 Å². The maximum Gasteiger partial charge on any atom is 0.232 e. The Morgan fingerprint density at radius 3 is 2.47 bits per heavy atom. The van der Waals surface area contributed by atoms with Gasteiger partial charge in [-0.1, -0.05) is 6.92 Å². The van der Waals surface area contributed by atoms with Crippen LogP contribution in [0, 0.1) is 5.92 Å². The van der Waals surface area contributed by atoms with Crippen LogP contribution in [0.25, 0.3) is 0 Å². The van der Waals surface area contributed by atoms with Gasteiger partial charge in [-0.3, -0.25) is 14.5 Å². The maximum atomic E-state index is 11.7. The standard InChI is InChI=1S/C12H21NO4/c1-3-10-9-11(14)13(12(10)15)5-6-17-8-7-16-4-2/h10H,3-9H2,1-2H3. The highest BCUT2D eigenvalue weighted by molar-refractivity contribution is 6.03. The van der Waals surface area contributed by atoms with Gasteiger partial charge in [0.05, 0.1) is 26.4 Å². The van der Waals surface area contributed by atoms with Crippen molar-refractivity contribution in [2.45, 2.75) is 26.7 Å². The highest BCUT2D eigenvalue weighted by atomic mass is 16.5. The van der Waals surface area contributed by atoms with Crippen molar-refractivity contribution in [2.24, 2.45) is 5.92 Å². The van der Waals surface area contributed by atoms with Crippen LogP contribution in [0.5, 0.6) is 0 Å². The van der Waals surface area contributed by atoms with E-state index in [1.165, 1.54) is 4.90 Å². The molecule has 1 heterocycles. The van der Waals surface area contributed by atoms with E-state index in [0.717, 1.165) is 6.42 Å². The summed E-state index contributed by atoms with van der Waals surface area (Å²) in [5.41, 5.74) is 0. The molecule has 1 atom stereocenters. The summed E-state index contributed by atoms with van der Waals surface area (Å²) >= 11 is 0. The van der Waals surface area contributed by atoms with Gasteiger partial charge in [0.1, 0.15) is 0 Å². The van der Waals surface area contributed by atoms with Crippen molar-refractivity contribution in [3.63, 3.8) is 0 Å². The van der Waals surface area contributed by atoms with Gasteiger partial charge in [-0.05, 0) is 13.3 Å². The third kappa shape index (κ3) is 4.09. The fourth-order valence-corrected chi connectivity index (χ4v) is 1.83. The molecule has 1 aliphatic rings. The lowest BCUT2D eigenvalue weighted by molar-refractivity contribution is -0.140. The third-order valence-corrected chi connectivity index (χ3v) is 2.87. The van der Waals surface area contributed by atoms with Crippen LogP contribution in [0.3, 0.4) is 0 Å². The van der Waals surface area contributed by atoms with E-state index >= 15 is 0 Å². The van der Waals surface area contributed by atoms with Crippen molar-refractivity contribution in [3.8, 4) is 0 Å². The lowest BCUT2D eigenvalue weighted by Gasteiger charge is -2.14. The van der Waals surface area contributed by atoms with Crippen LogP contribution < -0.4 is 0 Å². The lowest BCUT2D eigenvalue weighted by Crippen LogP contribution is -2.33. The molecule has 5 heteroatoms. The van der Waals surface area contributed by atoms with Gasteiger partial charge in [-0.2, -0.15) is 0 Å². The normalized spacial score (nSPS) is 20.4. The first kappa shape index (κ1) is 14.1. The highest BCUT2D eigenvalue weighted by Gasteiger charge is 2.36. The van der Waals surface area contributed by atoms with Crippen LogP contribution in [-0.2, 0) is 19.1 Å². The molecule has 2 amide bonds. The van der Waals surface area contributed by atoms with Crippen LogP contribution in [0.4, 0.5) is 0 Å². The van der Waals surface area contributed by atoms with Crippen molar-refractivity contribution < 1.29 is 19.1 Å². The molecule has 0 aromatic heterocycles. The number of amides is 2. The minimum atomic E-state index is -0.120. The van der Waals surface area contributed by atoms with Gasteiger partial charge in [0.15, 0.2) is 0 Å². The Balaban J connectivity index is 2.18. The average molecular weight is 243 g/mol. The first-order chi connectivity index (χ1) is 8.20. The number of carbonyl (C=O) groups excluding carboxylic acids is 2. The second kappa shape index (κ2) is 7.40. The molecule has 0 radical (unpaired) electrons. The van der Waals surface area contributed by atoms with Gasteiger partial charge < -0.3 is 9.47 Å². The predicted octanol–water partition coefficient (Wildman–Crippen LogP) is 0.825. The van der Waals surface area contributed by atoms with E-state index in [4.69, 9.17) is 9.47 Å². The molecule has 0 bridgehead atoms. The minimum Gasteiger partial charge on any atom is -0.379 e. The summed E-state index contributed by atoms with van der Waals surface area (Å²) in [5, 5.41) is 0. The average Bonchev–Trinajstić information content (AvgIpc) is 2.60. The van der Waals surface area contributed by atoms with E-state index in [9.17, 15) is 9.59 Å². The Kier molecular flexibility index (Phi) is 6.15. The zero-order valence-corrected chi connectivity index (χ0v) is 10.6. The van der Waals surface area contributed by atoms with Crippen LogP contribution in [0.1, 0.15) is 26.7 Å². The number of carbonyl (C=O) groups is 2. The summed E-state index contributed by atoms with van der Waals surface area (Å²) < 4.78 is 10.4. The van der Waals surface area contributed by atoms with E-state index in [1.807, 2.05) is 13.8 Å². The Morgan fingerprint density at radius 2 is 1.88 bits per heavy atom. The Bertz CT molecular complexity index is 267. The lowest BCUT2D eigenvalue weighted by atomic mass is 10.1. The molecule has 1 fully saturated rings. The number of likely N-dealkylation sites (tertiary alicyclic amines) is 1. The van der Waals surface area contributed by atoms with Crippen molar-refractivity contribution in [3.05, 3.63) is 0 Å². The zero-order chi connectivity index (χ0) is 12.7. The summed E-state index contributed by atoms with van der Waals surface area (Å²) in [5.74, 6) is -0.243. The third-order valence-electron chi connectivity index (χ3n) is 2.87. The van der Waals surface area contributed by atoms with Crippen LogP contribution in [-0.4, -0.2) is 49.7 Å². The predicted molar refractivity (Wildman–Crippen MR) is 62.4 cm³/mol. The molecule has 0 aromatic carbocycles. The number of imide groups is 1. The molecule has 1 rings (SSSR count). The largest absolute Gasteiger partial charge is 0.379 e. The number of nitrogens with zero attached hydrogens (tertiary/aromatic N) is 1. The molecule has 98 valence electrons. The van der Waals surface area contributed by atoms with Gasteiger partial charge in [0, 0.05) is 18.9 Å². The zero-order valence-electron chi connectivity index (χ0n) is 10.6. The van der Waals surface area contributed by atoms with Gasteiger partial charge in [0.2, 0.25) is 11.8 Å². The van der Waals surface area contributed by atoms with Gasteiger partial charge in [0.25, 0.3) is 0 Å². The van der Waals surface area contributed by atoms with Crippen LogP contribution >= 0.6 is 0 Å². The van der Waals surface area contributed by atoms with E-state index in [2.05, 4.69) is 0 Å². The summed E-state index contributed by atoms with van der Waals surface area (Å²) in [7, 11) is 0. The van der Waals surface area contributed by atoms with E-state index in [-0.39, 0.29) is 17.7 Å². The molecule has 1 saturated heterocycles. The van der Waals surface area contributed by atoms with Crippen molar-refractivity contribution in [1.29, 1.82) is 0 Å². The summed E-state index contributed by atoms with van der Waals surface area (Å²) in [6, 6.07) is 0. The monoisotopic (exact) mass is 243 g/mol. The number of hydrogen-bond donors (Lipinski definition) is 0. The topological polar surface area (TPSA) is 55.8 Å². The Morgan fingerprint density at radius 1 is 1.18 bits per heavy atom. The molecule has 0 saturated carbocycles. The molecule has 0 aromatic rings. The molecule has 0 aliphatic carbocycles. The smallest absolute Gasteiger partial charge is 0.232 e. The summed E-state index contributed by atoms with van der Waals surface area (Å²) in [4.78, 5) is 24.6. The number of ether oxygens (including phenoxy) is 2.